The van der Waals surface area contributed by atoms with Gasteiger partial charge in [-0.3, -0.25) is 9.59 Å². The van der Waals surface area contributed by atoms with E-state index in [4.69, 9.17) is 0 Å². The van der Waals surface area contributed by atoms with Gasteiger partial charge in [-0.25, -0.2) is 4.98 Å². The van der Waals surface area contributed by atoms with E-state index in [1.807, 2.05) is 0 Å². The van der Waals surface area contributed by atoms with Crippen molar-refractivity contribution in [2.45, 2.75) is 32.5 Å². The Morgan fingerprint density at radius 1 is 1.28 bits per heavy atom. The van der Waals surface area contributed by atoms with Crippen LogP contribution in [0.5, 0.6) is 5.75 Å². The summed E-state index contributed by atoms with van der Waals surface area (Å²) in [6.45, 7) is 5.10. The third-order valence-electron chi connectivity index (χ3n) is 2.99. The van der Waals surface area contributed by atoms with Crippen LogP contribution in [0.1, 0.15) is 36.8 Å². The summed E-state index contributed by atoms with van der Waals surface area (Å²) in [5.74, 6) is -1.39. The number of rotatable bonds is 2. The first-order valence-electron chi connectivity index (χ1n) is 7.12. The van der Waals surface area contributed by atoms with Crippen LogP contribution in [0.25, 0.3) is 5.69 Å². The molecule has 25 heavy (non-hydrogen) atoms. The smallest absolute Gasteiger partial charge is 0.433 e. The third kappa shape index (κ3) is 4.34. The standard InChI is InChI=1S/C15H15F3N4O3/c1-14(2,3)20-12(24)11-9(23)7-22(21-13(11)25)8-4-5-10(19-6-8)15(16,17)18/h4-7H,1-3H3,(H2-,20,21,23,24,25)/p+1. The molecule has 0 spiro atoms. The average molecular weight is 357 g/mol. The van der Waals surface area contributed by atoms with Crippen molar-refractivity contribution in [2.75, 3.05) is 0 Å². The molecule has 0 radical (unpaired) electrons. The van der Waals surface area contributed by atoms with E-state index in [9.17, 15) is 27.9 Å². The van der Waals surface area contributed by atoms with Crippen molar-refractivity contribution in [1.29, 1.82) is 0 Å². The Balaban J connectivity index is 2.40. The molecule has 3 N–H and O–H groups in total. The first-order chi connectivity index (χ1) is 11.4. The Morgan fingerprint density at radius 3 is 2.36 bits per heavy atom. The first kappa shape index (κ1) is 18.4. The lowest BCUT2D eigenvalue weighted by atomic mass is 10.1. The molecular formula is C15H16F3N4O3+. The van der Waals surface area contributed by atoms with E-state index in [0.29, 0.717) is 0 Å². The number of amides is 1. The van der Waals surface area contributed by atoms with Crippen molar-refractivity contribution in [1.82, 2.24) is 15.4 Å². The number of aromatic nitrogens is 3. The van der Waals surface area contributed by atoms with Gasteiger partial charge in [-0.1, -0.05) is 4.68 Å². The highest BCUT2D eigenvalue weighted by atomic mass is 19.4. The highest BCUT2D eigenvalue weighted by molar-refractivity contribution is 5.96. The number of nitrogens with zero attached hydrogens (tertiary/aromatic N) is 2. The van der Waals surface area contributed by atoms with E-state index >= 15 is 0 Å². The van der Waals surface area contributed by atoms with Crippen molar-refractivity contribution in [2.24, 2.45) is 0 Å². The Morgan fingerprint density at radius 2 is 1.92 bits per heavy atom. The fraction of sp³-hybridized carbons (Fsp3) is 0.333. The van der Waals surface area contributed by atoms with Crippen LogP contribution in [-0.2, 0) is 6.18 Å². The Bertz CT molecular complexity index is 852. The molecule has 0 fully saturated rings. The third-order valence-corrected chi connectivity index (χ3v) is 2.99. The lowest BCUT2D eigenvalue weighted by Gasteiger charge is -2.20. The molecule has 7 nitrogen and oxygen atoms in total. The molecular weight excluding hydrogens is 341 g/mol. The SMILES string of the molecule is CC(C)(C)NC(=O)c1c(O)c[n+](-c2ccc(C(F)(F)F)nc2)[nH]c1=O. The quantitative estimate of drug-likeness (QED) is 0.706. The number of carbonyl (C=O) groups excluding carboxylic acids is 1. The Hall–Kier alpha value is -2.91. The zero-order chi connectivity index (χ0) is 19.0. The molecule has 0 aromatic carbocycles. The maximum atomic E-state index is 12.5. The van der Waals surface area contributed by atoms with Crippen molar-refractivity contribution < 1.29 is 27.8 Å². The van der Waals surface area contributed by atoms with E-state index < -0.39 is 40.2 Å². The van der Waals surface area contributed by atoms with E-state index in [1.54, 1.807) is 20.8 Å². The fourth-order valence-corrected chi connectivity index (χ4v) is 1.96. The van der Waals surface area contributed by atoms with E-state index in [0.717, 1.165) is 29.2 Å². The maximum Gasteiger partial charge on any atom is 0.433 e. The number of alkyl halides is 3. The van der Waals surface area contributed by atoms with Gasteiger partial charge >= 0.3 is 11.7 Å². The summed E-state index contributed by atoms with van der Waals surface area (Å²) >= 11 is 0. The van der Waals surface area contributed by atoms with Crippen LogP contribution in [0.2, 0.25) is 0 Å². The molecule has 0 bridgehead atoms. The summed E-state index contributed by atoms with van der Waals surface area (Å²) < 4.78 is 38.5. The fourth-order valence-electron chi connectivity index (χ4n) is 1.96. The van der Waals surface area contributed by atoms with Gasteiger partial charge in [0.05, 0.1) is 0 Å². The van der Waals surface area contributed by atoms with Crippen molar-refractivity contribution in [3.05, 3.63) is 46.1 Å². The molecule has 134 valence electrons. The number of carbonyl (C=O) groups is 1. The molecule has 0 saturated carbocycles. The van der Waals surface area contributed by atoms with Crippen molar-refractivity contribution in [3.63, 3.8) is 0 Å². The number of hydrogen-bond acceptors (Lipinski definition) is 4. The largest absolute Gasteiger partial charge is 0.502 e. The van der Waals surface area contributed by atoms with Gasteiger partial charge in [-0.15, -0.1) is 5.10 Å². The molecule has 0 unspecified atom stereocenters. The van der Waals surface area contributed by atoms with Crippen LogP contribution in [0, 0.1) is 0 Å². The molecule has 0 aliphatic heterocycles. The molecule has 0 aliphatic carbocycles. The van der Waals surface area contributed by atoms with E-state index in [-0.39, 0.29) is 5.69 Å². The molecule has 1 amide bonds. The second-order valence-electron chi connectivity index (χ2n) is 6.30. The zero-order valence-corrected chi connectivity index (χ0v) is 13.6. The minimum Gasteiger partial charge on any atom is -0.502 e. The van der Waals surface area contributed by atoms with Gasteiger partial charge in [0, 0.05) is 11.6 Å². The second-order valence-corrected chi connectivity index (χ2v) is 6.30. The topological polar surface area (TPSA) is 99.0 Å². The number of nitrogens with one attached hydrogen (secondary N) is 2. The summed E-state index contributed by atoms with van der Waals surface area (Å²) in [4.78, 5) is 27.4. The molecule has 2 heterocycles. The number of H-pyrrole nitrogens is 1. The monoisotopic (exact) mass is 357 g/mol. The highest BCUT2D eigenvalue weighted by Crippen LogP contribution is 2.27. The molecule has 10 heteroatoms. The highest BCUT2D eigenvalue weighted by Gasteiger charge is 2.33. The summed E-state index contributed by atoms with van der Waals surface area (Å²) in [6.07, 6.45) is -2.70. The van der Waals surface area contributed by atoms with Crippen molar-refractivity contribution >= 4 is 5.91 Å². The van der Waals surface area contributed by atoms with E-state index in [1.165, 1.54) is 0 Å². The van der Waals surface area contributed by atoms with Gasteiger partial charge in [0.1, 0.15) is 11.9 Å². The predicted octanol–water partition coefficient (Wildman–Crippen LogP) is 1.30. The van der Waals surface area contributed by atoms with Crippen LogP contribution in [0.3, 0.4) is 0 Å². The molecule has 0 atom stereocenters. The summed E-state index contributed by atoms with van der Waals surface area (Å²) in [6, 6.07) is 1.80. The summed E-state index contributed by atoms with van der Waals surface area (Å²) in [5.41, 5.74) is -3.04. The van der Waals surface area contributed by atoms with Crippen LogP contribution in [0.4, 0.5) is 13.2 Å². The molecule has 2 aromatic rings. The number of hydrogen-bond donors (Lipinski definition) is 3. The van der Waals surface area contributed by atoms with Crippen molar-refractivity contribution in [3.8, 4) is 11.4 Å². The van der Waals surface area contributed by atoms with Crippen LogP contribution in [0.15, 0.2) is 29.3 Å². The van der Waals surface area contributed by atoms with Crippen LogP contribution in [-0.4, -0.2) is 26.6 Å². The van der Waals surface area contributed by atoms with Gasteiger partial charge in [-0.05, 0) is 26.8 Å². The van der Waals surface area contributed by atoms with Gasteiger partial charge in [-0.2, -0.15) is 13.2 Å². The molecule has 2 rings (SSSR count). The van der Waals surface area contributed by atoms with Gasteiger partial charge in [0.25, 0.3) is 11.6 Å². The lowest BCUT2D eigenvalue weighted by Crippen LogP contribution is -2.46. The second kappa shape index (κ2) is 6.19. The zero-order valence-electron chi connectivity index (χ0n) is 13.6. The van der Waals surface area contributed by atoms with Gasteiger partial charge in [0.2, 0.25) is 11.9 Å². The minimum atomic E-state index is -4.59. The first-order valence-corrected chi connectivity index (χ1v) is 7.12. The Kier molecular flexibility index (Phi) is 4.56. The number of aromatic amines is 1. The van der Waals surface area contributed by atoms with Crippen LogP contribution < -0.4 is 15.6 Å². The molecule has 0 saturated heterocycles. The summed E-state index contributed by atoms with van der Waals surface area (Å²) in [5, 5.41) is 14.8. The average Bonchev–Trinajstić information content (AvgIpc) is 2.43. The molecule has 2 aromatic heterocycles. The lowest BCUT2D eigenvalue weighted by molar-refractivity contribution is -0.661. The normalized spacial score (nSPS) is 12.1. The number of aromatic hydroxyl groups is 1. The number of halogens is 3. The van der Waals surface area contributed by atoms with Gasteiger partial charge in [0.15, 0.2) is 5.56 Å². The number of pyridine rings is 1. The molecule has 0 aliphatic rings. The minimum absolute atomic E-state index is 0.0724. The van der Waals surface area contributed by atoms with Gasteiger partial charge < -0.3 is 10.4 Å². The van der Waals surface area contributed by atoms with E-state index in [2.05, 4.69) is 15.4 Å². The maximum absolute atomic E-state index is 12.5. The predicted molar refractivity (Wildman–Crippen MR) is 80.3 cm³/mol. The Labute approximate surface area is 140 Å². The van der Waals surface area contributed by atoms with Crippen LogP contribution >= 0.6 is 0 Å². The summed E-state index contributed by atoms with van der Waals surface area (Å²) in [7, 11) is 0.